The van der Waals surface area contributed by atoms with E-state index in [1.165, 1.54) is 0 Å². The van der Waals surface area contributed by atoms with Gasteiger partial charge >= 0.3 is 18.1 Å². The number of carbonyl (C=O) groups is 2. The molecule has 8 heteroatoms. The van der Waals surface area contributed by atoms with E-state index in [2.05, 4.69) is 0 Å². The second kappa shape index (κ2) is 10.3. The molecule has 2 rings (SSSR count). The zero-order chi connectivity index (χ0) is 20.4. The molecule has 0 aromatic heterocycles. The Balaban J connectivity index is 0.000000445. The third-order valence-electron chi connectivity index (χ3n) is 3.60. The summed E-state index contributed by atoms with van der Waals surface area (Å²) in [4.78, 5) is 20.9. The Morgan fingerprint density at radius 2 is 1.48 bits per heavy atom. The highest BCUT2D eigenvalue weighted by Gasteiger charge is 2.38. The van der Waals surface area contributed by atoms with Gasteiger partial charge in [-0.25, -0.2) is 4.79 Å². The number of alkyl halides is 3. The first kappa shape index (κ1) is 22.2. The van der Waals surface area contributed by atoms with Crippen LogP contribution in [0.4, 0.5) is 13.2 Å². The number of ether oxygens (including phenoxy) is 1. The van der Waals surface area contributed by atoms with E-state index >= 15 is 0 Å². The van der Waals surface area contributed by atoms with Crippen LogP contribution in [0, 0.1) is 0 Å². The lowest BCUT2D eigenvalue weighted by atomic mass is 9.94. The first-order valence-electron chi connectivity index (χ1n) is 7.94. The van der Waals surface area contributed by atoms with Gasteiger partial charge in [0.1, 0.15) is 12.6 Å². The zero-order valence-corrected chi connectivity index (χ0v) is 14.5. The lowest BCUT2D eigenvalue weighted by Crippen LogP contribution is -2.36. The molecule has 0 saturated carbocycles. The van der Waals surface area contributed by atoms with Gasteiger partial charge in [-0.15, -0.1) is 0 Å². The van der Waals surface area contributed by atoms with Crippen LogP contribution in [0.15, 0.2) is 60.7 Å². The van der Waals surface area contributed by atoms with E-state index in [1.807, 2.05) is 67.6 Å². The zero-order valence-electron chi connectivity index (χ0n) is 14.5. The van der Waals surface area contributed by atoms with Crippen molar-refractivity contribution in [2.45, 2.75) is 31.7 Å². The Hall–Kier alpha value is -2.87. The van der Waals surface area contributed by atoms with Crippen LogP contribution in [0.3, 0.4) is 0 Å². The fraction of sp³-hybridized carbons (Fsp3) is 0.263. The number of carbonyl (C=O) groups excluding carboxylic acids is 1. The number of rotatable bonds is 5. The van der Waals surface area contributed by atoms with Crippen molar-refractivity contribution in [2.75, 3.05) is 0 Å². The molecule has 3 N–H and O–H groups in total. The largest absolute Gasteiger partial charge is 0.490 e. The summed E-state index contributed by atoms with van der Waals surface area (Å²) in [5, 5.41) is 7.12. The maximum atomic E-state index is 12.0. The third-order valence-corrected chi connectivity index (χ3v) is 3.60. The molecule has 27 heavy (non-hydrogen) atoms. The first-order valence-corrected chi connectivity index (χ1v) is 7.94. The van der Waals surface area contributed by atoms with Gasteiger partial charge in [0, 0.05) is 5.92 Å². The summed E-state index contributed by atoms with van der Waals surface area (Å²) < 4.78 is 37.0. The number of halogens is 3. The lowest BCUT2D eigenvalue weighted by Gasteiger charge is -2.19. The average molecular weight is 383 g/mol. The maximum Gasteiger partial charge on any atom is 0.490 e. The normalized spacial score (nSPS) is 12.9. The Bertz CT molecular complexity index is 721. The van der Waals surface area contributed by atoms with Gasteiger partial charge in [-0.2, -0.15) is 13.2 Å². The molecule has 0 spiro atoms. The van der Waals surface area contributed by atoms with Gasteiger partial charge in [0.2, 0.25) is 0 Å². The SMILES string of the molecule is CC(c1ccccc1)C(N)C(=O)OCc1ccccc1.O=C(O)C(F)(F)F. The minimum absolute atomic E-state index is 0.0699. The summed E-state index contributed by atoms with van der Waals surface area (Å²) in [7, 11) is 0. The number of esters is 1. The molecule has 0 fully saturated rings. The summed E-state index contributed by atoms with van der Waals surface area (Å²) in [6.45, 7) is 2.19. The molecule has 5 nitrogen and oxygen atoms in total. The summed E-state index contributed by atoms with van der Waals surface area (Å²) in [5.41, 5.74) is 7.98. The average Bonchev–Trinajstić information content (AvgIpc) is 2.66. The van der Waals surface area contributed by atoms with E-state index in [0.29, 0.717) is 0 Å². The summed E-state index contributed by atoms with van der Waals surface area (Å²) in [5.74, 6) is -3.20. The van der Waals surface area contributed by atoms with Crippen LogP contribution in [0.2, 0.25) is 0 Å². The predicted molar refractivity (Wildman–Crippen MR) is 92.8 cm³/mol. The van der Waals surface area contributed by atoms with Crippen molar-refractivity contribution < 1.29 is 32.6 Å². The smallest absolute Gasteiger partial charge is 0.475 e. The lowest BCUT2D eigenvalue weighted by molar-refractivity contribution is -0.192. The molecule has 2 unspecified atom stereocenters. The standard InChI is InChI=1S/C17H19NO2.C2HF3O2/c1-13(15-10-6-3-7-11-15)16(18)17(19)20-12-14-8-4-2-5-9-14;3-2(4,5)1(6)7/h2-11,13,16H,12,18H2,1H3;(H,6,7). The molecular formula is C19H20F3NO4. The topological polar surface area (TPSA) is 89.6 Å². The fourth-order valence-electron chi connectivity index (χ4n) is 1.99. The molecule has 0 bridgehead atoms. The molecule has 0 aliphatic heterocycles. The van der Waals surface area contributed by atoms with Crippen LogP contribution in [-0.2, 0) is 20.9 Å². The van der Waals surface area contributed by atoms with Crippen LogP contribution in [0.25, 0.3) is 0 Å². The summed E-state index contributed by atoms with van der Waals surface area (Å²) in [6, 6.07) is 18.7. The van der Waals surface area contributed by atoms with Crippen molar-refractivity contribution in [3.8, 4) is 0 Å². The van der Waals surface area contributed by atoms with Crippen molar-refractivity contribution >= 4 is 11.9 Å². The number of carboxylic acids is 1. The maximum absolute atomic E-state index is 12.0. The van der Waals surface area contributed by atoms with E-state index in [9.17, 15) is 18.0 Å². The molecule has 2 aromatic rings. The Kier molecular flexibility index (Phi) is 8.47. The molecule has 0 saturated heterocycles. The number of benzene rings is 2. The monoisotopic (exact) mass is 383 g/mol. The van der Waals surface area contributed by atoms with E-state index in [1.54, 1.807) is 0 Å². The van der Waals surface area contributed by atoms with Gasteiger partial charge < -0.3 is 15.6 Å². The predicted octanol–water partition coefficient (Wildman–Crippen LogP) is 3.49. The van der Waals surface area contributed by atoms with Crippen LogP contribution >= 0.6 is 0 Å². The summed E-state index contributed by atoms with van der Waals surface area (Å²) >= 11 is 0. The molecule has 0 aliphatic carbocycles. The Labute approximate surface area is 154 Å². The molecule has 0 aliphatic rings. The molecule has 2 aromatic carbocycles. The van der Waals surface area contributed by atoms with Gasteiger partial charge in [-0.1, -0.05) is 67.6 Å². The number of nitrogens with two attached hydrogens (primary N) is 1. The summed E-state index contributed by atoms with van der Waals surface area (Å²) in [6.07, 6.45) is -5.08. The van der Waals surface area contributed by atoms with Crippen LogP contribution in [0.5, 0.6) is 0 Å². The number of hydrogen-bond acceptors (Lipinski definition) is 4. The minimum Gasteiger partial charge on any atom is -0.475 e. The first-order chi connectivity index (χ1) is 12.6. The van der Waals surface area contributed by atoms with Crippen LogP contribution in [0.1, 0.15) is 24.0 Å². The van der Waals surface area contributed by atoms with Crippen molar-refractivity contribution in [2.24, 2.45) is 5.73 Å². The van der Waals surface area contributed by atoms with E-state index in [4.69, 9.17) is 20.4 Å². The van der Waals surface area contributed by atoms with Gasteiger partial charge in [-0.3, -0.25) is 4.79 Å². The van der Waals surface area contributed by atoms with Crippen molar-refractivity contribution in [3.05, 3.63) is 71.8 Å². The van der Waals surface area contributed by atoms with Gasteiger partial charge in [0.15, 0.2) is 0 Å². The third kappa shape index (κ3) is 7.91. The van der Waals surface area contributed by atoms with Crippen molar-refractivity contribution in [1.29, 1.82) is 0 Å². The van der Waals surface area contributed by atoms with E-state index < -0.39 is 18.2 Å². The highest BCUT2D eigenvalue weighted by Crippen LogP contribution is 2.18. The molecule has 0 amide bonds. The quantitative estimate of drug-likeness (QED) is 0.772. The molecule has 146 valence electrons. The Morgan fingerprint density at radius 1 is 1.04 bits per heavy atom. The van der Waals surface area contributed by atoms with Gasteiger partial charge in [0.25, 0.3) is 0 Å². The molecule has 2 atom stereocenters. The Morgan fingerprint density at radius 3 is 1.93 bits per heavy atom. The fourth-order valence-corrected chi connectivity index (χ4v) is 1.99. The van der Waals surface area contributed by atoms with E-state index in [0.717, 1.165) is 11.1 Å². The van der Waals surface area contributed by atoms with Crippen molar-refractivity contribution in [3.63, 3.8) is 0 Å². The van der Waals surface area contributed by atoms with Gasteiger partial charge in [-0.05, 0) is 11.1 Å². The molecular weight excluding hydrogens is 363 g/mol. The highest BCUT2D eigenvalue weighted by molar-refractivity contribution is 5.76. The highest BCUT2D eigenvalue weighted by atomic mass is 19.4. The number of hydrogen-bond donors (Lipinski definition) is 2. The minimum atomic E-state index is -5.08. The molecule has 0 radical (unpaired) electrons. The second-order valence-electron chi connectivity index (χ2n) is 5.62. The van der Waals surface area contributed by atoms with Gasteiger partial charge in [0.05, 0.1) is 0 Å². The van der Waals surface area contributed by atoms with Crippen LogP contribution < -0.4 is 5.73 Å². The van der Waals surface area contributed by atoms with Crippen LogP contribution in [-0.4, -0.2) is 29.3 Å². The molecule has 0 heterocycles. The second-order valence-corrected chi connectivity index (χ2v) is 5.62. The number of carboxylic acid groups (broad SMARTS) is 1. The number of aliphatic carboxylic acids is 1. The van der Waals surface area contributed by atoms with Crippen molar-refractivity contribution in [1.82, 2.24) is 0 Å². The van der Waals surface area contributed by atoms with E-state index in [-0.39, 0.29) is 18.5 Å².